The van der Waals surface area contributed by atoms with Gasteiger partial charge in [-0.25, -0.2) is 0 Å². The van der Waals surface area contributed by atoms with Crippen molar-refractivity contribution in [1.82, 2.24) is 10.2 Å². The van der Waals surface area contributed by atoms with Gasteiger partial charge in [0, 0.05) is 24.7 Å². The van der Waals surface area contributed by atoms with Gasteiger partial charge in [0.25, 0.3) is 5.91 Å². The number of aryl methyl sites for hydroxylation is 2. The van der Waals surface area contributed by atoms with E-state index in [9.17, 15) is 4.79 Å². The Kier molecular flexibility index (Phi) is 5.82. The summed E-state index contributed by atoms with van der Waals surface area (Å²) in [7, 11) is 0. The number of hydrogen-bond acceptors (Lipinski definition) is 3. The van der Waals surface area contributed by atoms with Gasteiger partial charge < -0.3 is 9.73 Å². The van der Waals surface area contributed by atoms with E-state index in [1.165, 1.54) is 30.4 Å². The molecule has 3 rings (SSSR count). The molecule has 4 heteroatoms. The second kappa shape index (κ2) is 8.09. The second-order valence-corrected chi connectivity index (χ2v) is 7.48. The number of nitrogens with one attached hydrogen (secondary N) is 1. The lowest BCUT2D eigenvalue weighted by atomic mass is 10.0. The lowest BCUT2D eigenvalue weighted by molar-refractivity contribution is 0.0948. The van der Waals surface area contributed by atoms with Gasteiger partial charge in [-0.05, 0) is 58.2 Å². The van der Waals surface area contributed by atoms with Gasteiger partial charge in [0.05, 0.1) is 5.56 Å². The zero-order valence-electron chi connectivity index (χ0n) is 16.4. The first-order valence-electron chi connectivity index (χ1n) is 9.63. The first-order chi connectivity index (χ1) is 12.5. The molecule has 0 bridgehead atoms. The predicted molar refractivity (Wildman–Crippen MR) is 104 cm³/mol. The number of amides is 1. The summed E-state index contributed by atoms with van der Waals surface area (Å²) in [5.74, 6) is 1.44. The van der Waals surface area contributed by atoms with Crippen molar-refractivity contribution in [3.63, 3.8) is 0 Å². The molecule has 1 fully saturated rings. The predicted octanol–water partition coefficient (Wildman–Crippen LogP) is 4.51. The molecule has 1 aliphatic heterocycles. The van der Waals surface area contributed by atoms with E-state index in [0.717, 1.165) is 24.4 Å². The molecule has 0 saturated carbocycles. The molecule has 0 aliphatic carbocycles. The number of nitrogens with zero attached hydrogens (tertiary/aromatic N) is 1. The average Bonchev–Trinajstić information content (AvgIpc) is 2.88. The number of piperidine rings is 1. The minimum absolute atomic E-state index is 0.0574. The van der Waals surface area contributed by atoms with Crippen molar-refractivity contribution in [2.45, 2.75) is 66.1 Å². The number of carbonyl (C=O) groups excluding carboxylic acids is 1. The molecular formula is C22H30N2O2. The zero-order valence-corrected chi connectivity index (χ0v) is 16.4. The van der Waals surface area contributed by atoms with E-state index in [1.54, 1.807) is 0 Å². The molecule has 4 nitrogen and oxygen atoms in total. The third-order valence-corrected chi connectivity index (χ3v) is 5.66. The van der Waals surface area contributed by atoms with E-state index in [-0.39, 0.29) is 5.91 Å². The first kappa shape index (κ1) is 18.7. The lowest BCUT2D eigenvalue weighted by Gasteiger charge is -2.33. The summed E-state index contributed by atoms with van der Waals surface area (Å²) in [6, 6.07) is 9.06. The van der Waals surface area contributed by atoms with Gasteiger partial charge in [0.2, 0.25) is 0 Å². The van der Waals surface area contributed by atoms with Crippen LogP contribution in [-0.2, 0) is 13.1 Å². The Hall–Kier alpha value is -2.07. The van der Waals surface area contributed by atoms with Crippen LogP contribution in [0.5, 0.6) is 0 Å². The normalized spacial score (nSPS) is 18.1. The molecule has 0 radical (unpaired) electrons. The number of carbonyl (C=O) groups is 1. The van der Waals surface area contributed by atoms with E-state index in [2.05, 4.69) is 35.3 Å². The molecule has 1 aliphatic rings. The summed E-state index contributed by atoms with van der Waals surface area (Å²) in [5.41, 5.74) is 4.09. The largest absolute Gasteiger partial charge is 0.466 e. The molecule has 1 amide bonds. The van der Waals surface area contributed by atoms with Crippen LogP contribution >= 0.6 is 0 Å². The topological polar surface area (TPSA) is 45.5 Å². The van der Waals surface area contributed by atoms with Gasteiger partial charge in [-0.3, -0.25) is 9.69 Å². The molecule has 0 spiro atoms. The maximum absolute atomic E-state index is 12.6. The van der Waals surface area contributed by atoms with E-state index < -0.39 is 0 Å². The molecule has 26 heavy (non-hydrogen) atoms. The van der Waals surface area contributed by atoms with Crippen molar-refractivity contribution < 1.29 is 9.21 Å². The van der Waals surface area contributed by atoms with Gasteiger partial charge >= 0.3 is 0 Å². The summed E-state index contributed by atoms with van der Waals surface area (Å²) in [6.45, 7) is 10.7. The highest BCUT2D eigenvalue weighted by molar-refractivity contribution is 5.96. The van der Waals surface area contributed by atoms with Crippen LogP contribution in [0.1, 0.15) is 64.8 Å². The molecule has 2 heterocycles. The molecular weight excluding hydrogens is 324 g/mol. The highest BCUT2D eigenvalue weighted by Gasteiger charge is 2.20. The maximum atomic E-state index is 12.6. The fourth-order valence-corrected chi connectivity index (χ4v) is 3.89. The van der Waals surface area contributed by atoms with Crippen molar-refractivity contribution >= 4 is 5.91 Å². The molecule has 1 atom stereocenters. The Labute approximate surface area is 156 Å². The molecule has 140 valence electrons. The number of likely N-dealkylation sites (tertiary alicyclic amines) is 1. The molecule has 1 aromatic heterocycles. The van der Waals surface area contributed by atoms with Crippen molar-refractivity contribution in [2.24, 2.45) is 0 Å². The summed E-state index contributed by atoms with van der Waals surface area (Å²) in [6.07, 6.45) is 3.89. The summed E-state index contributed by atoms with van der Waals surface area (Å²) < 4.78 is 5.59. The SMILES string of the molecule is Cc1oc(C)c(C(=O)NCc2ccccc2CN2CCCC[C@@H]2C)c1C. The Bertz CT molecular complexity index is 778. The Morgan fingerprint density at radius 2 is 1.88 bits per heavy atom. The minimum Gasteiger partial charge on any atom is -0.466 e. The second-order valence-electron chi connectivity index (χ2n) is 7.48. The number of furan rings is 1. The number of rotatable bonds is 5. The number of hydrogen-bond donors (Lipinski definition) is 1. The van der Waals surface area contributed by atoms with Crippen LogP contribution in [0, 0.1) is 20.8 Å². The van der Waals surface area contributed by atoms with Crippen LogP contribution in [-0.4, -0.2) is 23.4 Å². The molecule has 0 unspecified atom stereocenters. The van der Waals surface area contributed by atoms with Crippen LogP contribution in [0.25, 0.3) is 0 Å². The fraction of sp³-hybridized carbons (Fsp3) is 0.500. The van der Waals surface area contributed by atoms with E-state index >= 15 is 0 Å². The Morgan fingerprint density at radius 3 is 2.54 bits per heavy atom. The van der Waals surface area contributed by atoms with Crippen LogP contribution in [0.15, 0.2) is 28.7 Å². The van der Waals surface area contributed by atoms with Crippen LogP contribution < -0.4 is 5.32 Å². The Balaban J connectivity index is 1.69. The highest BCUT2D eigenvalue weighted by Crippen LogP contribution is 2.22. The molecule has 1 saturated heterocycles. The van der Waals surface area contributed by atoms with Gasteiger partial charge in [-0.2, -0.15) is 0 Å². The number of benzene rings is 1. The first-order valence-corrected chi connectivity index (χ1v) is 9.63. The standard InChI is InChI=1S/C22H30N2O2/c1-15-9-7-8-12-24(15)14-20-11-6-5-10-19(20)13-23-22(25)21-16(2)17(3)26-18(21)4/h5-6,10-11,15H,7-9,12-14H2,1-4H3,(H,23,25)/t15-/m0/s1. The van der Waals surface area contributed by atoms with Crippen LogP contribution in [0.4, 0.5) is 0 Å². The van der Waals surface area contributed by atoms with Gasteiger partial charge in [-0.1, -0.05) is 30.7 Å². The fourth-order valence-electron chi connectivity index (χ4n) is 3.89. The van der Waals surface area contributed by atoms with Crippen LogP contribution in [0.3, 0.4) is 0 Å². The van der Waals surface area contributed by atoms with E-state index in [1.807, 2.05) is 26.8 Å². The third kappa shape index (κ3) is 4.01. The maximum Gasteiger partial charge on any atom is 0.255 e. The summed E-state index contributed by atoms with van der Waals surface area (Å²) >= 11 is 0. The van der Waals surface area contributed by atoms with Crippen molar-refractivity contribution in [3.05, 3.63) is 58.0 Å². The van der Waals surface area contributed by atoms with Crippen molar-refractivity contribution in [1.29, 1.82) is 0 Å². The smallest absolute Gasteiger partial charge is 0.255 e. The van der Waals surface area contributed by atoms with Gasteiger partial charge in [0.1, 0.15) is 11.5 Å². The quantitative estimate of drug-likeness (QED) is 0.859. The highest BCUT2D eigenvalue weighted by atomic mass is 16.3. The van der Waals surface area contributed by atoms with Crippen molar-refractivity contribution in [2.75, 3.05) is 6.54 Å². The van der Waals surface area contributed by atoms with Crippen molar-refractivity contribution in [3.8, 4) is 0 Å². The monoisotopic (exact) mass is 354 g/mol. The molecule has 2 aromatic rings. The van der Waals surface area contributed by atoms with Crippen LogP contribution in [0.2, 0.25) is 0 Å². The van der Waals surface area contributed by atoms with E-state index in [4.69, 9.17) is 4.42 Å². The molecule has 1 aromatic carbocycles. The van der Waals surface area contributed by atoms with Gasteiger partial charge in [-0.15, -0.1) is 0 Å². The van der Waals surface area contributed by atoms with E-state index in [0.29, 0.717) is 23.9 Å². The summed E-state index contributed by atoms with van der Waals surface area (Å²) in [5, 5.41) is 3.08. The average molecular weight is 354 g/mol. The minimum atomic E-state index is -0.0574. The summed E-state index contributed by atoms with van der Waals surface area (Å²) in [4.78, 5) is 15.2. The van der Waals surface area contributed by atoms with Gasteiger partial charge in [0.15, 0.2) is 0 Å². The zero-order chi connectivity index (χ0) is 18.7. The third-order valence-electron chi connectivity index (χ3n) is 5.66. The lowest BCUT2D eigenvalue weighted by Crippen LogP contribution is -2.37. The molecule has 1 N–H and O–H groups in total. The Morgan fingerprint density at radius 1 is 1.15 bits per heavy atom.